The molecule has 2 saturated heterocycles. The van der Waals surface area contributed by atoms with E-state index in [0.29, 0.717) is 31.6 Å². The molecule has 12 heteroatoms. The zero-order valence-corrected chi connectivity index (χ0v) is 26.1. The van der Waals surface area contributed by atoms with Crippen LogP contribution < -0.4 is 10.2 Å². The quantitative estimate of drug-likeness (QED) is 0.411. The summed E-state index contributed by atoms with van der Waals surface area (Å²) < 4.78 is 62.2. The number of carbonyl (C=O) groups excluding carboxylic acids is 2. The van der Waals surface area contributed by atoms with Gasteiger partial charge in [-0.05, 0) is 64.7 Å². The molecule has 3 heterocycles. The minimum absolute atomic E-state index is 0.0105. The Balaban J connectivity index is 1.68. The first kappa shape index (κ1) is 32.6. The topological polar surface area (TPSA) is 87.3 Å². The van der Waals surface area contributed by atoms with Crippen molar-refractivity contribution in [1.29, 1.82) is 0 Å². The maximum atomic E-state index is 13.7. The van der Waals surface area contributed by atoms with Crippen LogP contribution in [0.25, 0.3) is 0 Å². The highest BCUT2D eigenvalue weighted by molar-refractivity contribution is 5.97. The van der Waals surface area contributed by atoms with E-state index >= 15 is 0 Å². The third-order valence-corrected chi connectivity index (χ3v) is 7.60. The molecule has 1 aromatic carbocycles. The van der Waals surface area contributed by atoms with Gasteiger partial charge in [0.2, 0.25) is 0 Å². The zero-order valence-electron chi connectivity index (χ0n) is 26.1. The third kappa shape index (κ3) is 8.01. The molecule has 4 rings (SSSR count). The molecular formula is C31H43F3N4O5. The Morgan fingerprint density at radius 1 is 1.05 bits per heavy atom. The van der Waals surface area contributed by atoms with Gasteiger partial charge in [-0.15, -0.1) is 0 Å². The van der Waals surface area contributed by atoms with Gasteiger partial charge in [-0.2, -0.15) is 18.2 Å². The van der Waals surface area contributed by atoms with Gasteiger partial charge >= 0.3 is 12.3 Å². The van der Waals surface area contributed by atoms with Crippen LogP contribution >= 0.6 is 0 Å². The van der Waals surface area contributed by atoms with Crippen molar-refractivity contribution in [3.8, 4) is 5.75 Å². The Kier molecular flexibility index (Phi) is 9.39. The average molecular weight is 609 g/mol. The summed E-state index contributed by atoms with van der Waals surface area (Å²) in [6.45, 7) is 13.0. The van der Waals surface area contributed by atoms with Gasteiger partial charge in [-0.25, -0.2) is 4.79 Å². The summed E-state index contributed by atoms with van der Waals surface area (Å²) in [6.07, 6.45) is -2.03. The number of halogens is 3. The Morgan fingerprint density at radius 2 is 1.77 bits per heavy atom. The maximum Gasteiger partial charge on any atom is 0.416 e. The van der Waals surface area contributed by atoms with Gasteiger partial charge in [-0.1, -0.05) is 20.8 Å². The molecule has 9 nitrogen and oxygen atoms in total. The van der Waals surface area contributed by atoms with Gasteiger partial charge in [-0.3, -0.25) is 14.2 Å². The fourth-order valence-corrected chi connectivity index (χ4v) is 5.48. The molecule has 0 radical (unpaired) electrons. The second kappa shape index (κ2) is 12.4. The Labute approximate surface area is 250 Å². The summed E-state index contributed by atoms with van der Waals surface area (Å²) in [7, 11) is 1.87. The van der Waals surface area contributed by atoms with Crippen molar-refractivity contribution in [3.05, 3.63) is 46.6 Å². The zero-order chi connectivity index (χ0) is 31.7. The van der Waals surface area contributed by atoms with Gasteiger partial charge in [0.15, 0.2) is 5.49 Å². The standard InChI is InChI=1S/C31H43F3N4O5/c1-29(2,3)25-17-26(38(36(25)7)18-22-11-9-15-41-22)35-27(39)23-16-20(31(32,33)34)12-13-24(23)42-19-21-10-8-14-37(21)28(40)43-30(4,5)6/h12-13,16-17,21-22H,8-11,14-15,18-19H2,1-7H3/t21-,22+/m0/s1. The van der Waals surface area contributed by atoms with E-state index in [1.807, 2.05) is 37.2 Å². The predicted octanol–water partition coefficient (Wildman–Crippen LogP) is 5.84. The van der Waals surface area contributed by atoms with Crippen LogP contribution in [0, 0.1) is 0 Å². The molecule has 2 atom stereocenters. The fraction of sp³-hybridized carbons (Fsp3) is 0.645. The highest BCUT2D eigenvalue weighted by atomic mass is 19.4. The number of carbonyl (C=O) groups is 2. The van der Waals surface area contributed by atoms with Crippen LogP contribution in [0.5, 0.6) is 5.75 Å². The molecule has 0 unspecified atom stereocenters. The normalized spacial score (nSPS) is 20.1. The van der Waals surface area contributed by atoms with Crippen molar-refractivity contribution in [1.82, 2.24) is 14.3 Å². The van der Waals surface area contributed by atoms with Gasteiger partial charge in [0.1, 0.15) is 18.0 Å². The second-order valence-electron chi connectivity index (χ2n) is 13.3. The lowest BCUT2D eigenvalue weighted by Crippen LogP contribution is -2.42. The van der Waals surface area contributed by atoms with Crippen LogP contribution in [0.4, 0.5) is 18.0 Å². The molecule has 0 aliphatic carbocycles. The molecule has 0 bridgehead atoms. The van der Waals surface area contributed by atoms with Gasteiger partial charge in [0.05, 0.1) is 29.8 Å². The van der Waals surface area contributed by atoms with Gasteiger partial charge in [0.25, 0.3) is 5.91 Å². The maximum absolute atomic E-state index is 13.7. The van der Waals surface area contributed by atoms with E-state index in [1.54, 1.807) is 31.7 Å². The predicted molar refractivity (Wildman–Crippen MR) is 154 cm³/mol. The van der Waals surface area contributed by atoms with Crippen molar-refractivity contribution in [2.24, 2.45) is 12.0 Å². The summed E-state index contributed by atoms with van der Waals surface area (Å²) in [6, 6.07) is 4.24. The molecule has 0 saturated carbocycles. The summed E-state index contributed by atoms with van der Waals surface area (Å²) in [5, 5.41) is 0. The van der Waals surface area contributed by atoms with E-state index in [4.69, 9.17) is 14.2 Å². The first-order chi connectivity index (χ1) is 19.9. The smallest absolute Gasteiger partial charge is 0.416 e. The fourth-order valence-electron chi connectivity index (χ4n) is 5.48. The van der Waals surface area contributed by atoms with E-state index in [1.165, 1.54) is 0 Å². The first-order valence-corrected chi connectivity index (χ1v) is 14.8. The minimum atomic E-state index is -4.67. The highest BCUT2D eigenvalue weighted by Crippen LogP contribution is 2.33. The molecular weight excluding hydrogens is 565 g/mol. The Bertz CT molecular complexity index is 1390. The highest BCUT2D eigenvalue weighted by Gasteiger charge is 2.35. The van der Waals surface area contributed by atoms with E-state index < -0.39 is 29.3 Å². The number of likely N-dealkylation sites (tertiary alicyclic amines) is 1. The van der Waals surface area contributed by atoms with Crippen LogP contribution in [0.3, 0.4) is 0 Å². The van der Waals surface area contributed by atoms with Crippen molar-refractivity contribution < 1.29 is 37.0 Å². The van der Waals surface area contributed by atoms with Gasteiger partial charge < -0.3 is 19.1 Å². The van der Waals surface area contributed by atoms with E-state index in [0.717, 1.165) is 43.2 Å². The molecule has 2 amide bonds. The number of nitrogens with zero attached hydrogens (tertiary/aromatic N) is 4. The Hall–Kier alpha value is -3.28. The van der Waals surface area contributed by atoms with Crippen LogP contribution in [-0.2, 0) is 34.7 Å². The molecule has 0 spiro atoms. The van der Waals surface area contributed by atoms with E-state index in [-0.39, 0.29) is 35.5 Å². The SMILES string of the molecule is Cn1c(C(C)(C)C)cc(=NC(=O)c2cc(C(F)(F)F)ccc2OC[C@@H]2CCCN2C(=O)OC(C)(C)C)n1C[C@H]1CCCO1. The lowest BCUT2D eigenvalue weighted by molar-refractivity contribution is -0.137. The van der Waals surface area contributed by atoms with Crippen LogP contribution in [0.2, 0.25) is 0 Å². The summed E-state index contributed by atoms with van der Waals surface area (Å²) in [5.74, 6) is -0.890. The number of alkyl halides is 3. The number of amides is 2. The molecule has 2 aliphatic rings. The largest absolute Gasteiger partial charge is 0.491 e. The van der Waals surface area contributed by atoms with Gasteiger partial charge in [0, 0.05) is 37.4 Å². The van der Waals surface area contributed by atoms with Crippen molar-refractivity contribution >= 4 is 12.0 Å². The molecule has 0 N–H and O–H groups in total. The number of benzene rings is 1. The van der Waals surface area contributed by atoms with Crippen LogP contribution in [-0.4, -0.2) is 63.8 Å². The molecule has 2 aliphatic heterocycles. The average Bonchev–Trinajstić information content (AvgIpc) is 3.63. The Morgan fingerprint density at radius 3 is 2.37 bits per heavy atom. The monoisotopic (exact) mass is 608 g/mol. The van der Waals surface area contributed by atoms with E-state index in [2.05, 4.69) is 4.99 Å². The molecule has 2 fully saturated rings. The number of hydrogen-bond donors (Lipinski definition) is 0. The minimum Gasteiger partial charge on any atom is -0.491 e. The molecule has 2 aromatic rings. The van der Waals surface area contributed by atoms with Crippen LogP contribution in [0.15, 0.2) is 29.3 Å². The number of hydrogen-bond acceptors (Lipinski definition) is 5. The number of aromatic nitrogens is 2. The summed E-state index contributed by atoms with van der Waals surface area (Å²) in [5.41, 5.74) is -1.02. The van der Waals surface area contributed by atoms with E-state index in [9.17, 15) is 22.8 Å². The molecule has 238 valence electrons. The number of rotatable bonds is 6. The molecule has 1 aromatic heterocycles. The second-order valence-corrected chi connectivity index (χ2v) is 13.3. The van der Waals surface area contributed by atoms with Crippen molar-refractivity contribution in [2.45, 2.75) is 103 Å². The number of ether oxygens (including phenoxy) is 3. The van der Waals surface area contributed by atoms with Crippen molar-refractivity contribution in [3.63, 3.8) is 0 Å². The van der Waals surface area contributed by atoms with Crippen LogP contribution in [0.1, 0.15) is 88.8 Å². The summed E-state index contributed by atoms with van der Waals surface area (Å²) >= 11 is 0. The lowest BCUT2D eigenvalue weighted by atomic mass is 9.92. The van der Waals surface area contributed by atoms with Crippen molar-refractivity contribution in [2.75, 3.05) is 19.8 Å². The molecule has 43 heavy (non-hydrogen) atoms. The lowest BCUT2D eigenvalue weighted by Gasteiger charge is -2.28. The first-order valence-electron chi connectivity index (χ1n) is 14.8. The summed E-state index contributed by atoms with van der Waals surface area (Å²) in [4.78, 5) is 32.3. The third-order valence-electron chi connectivity index (χ3n) is 7.60.